The minimum atomic E-state index is -0.179. The molecule has 0 saturated heterocycles. The quantitative estimate of drug-likeness (QED) is 0.752. The maximum atomic E-state index is 5.51. The highest BCUT2D eigenvalue weighted by Gasteiger charge is 2.07. The summed E-state index contributed by atoms with van der Waals surface area (Å²) >= 11 is 0. The van der Waals surface area contributed by atoms with Crippen LogP contribution in [0.4, 0.5) is 0 Å². The first-order valence-electron chi connectivity index (χ1n) is 7.10. The van der Waals surface area contributed by atoms with Gasteiger partial charge in [-0.2, -0.15) is 0 Å². The number of aromatic nitrogens is 1. The van der Waals surface area contributed by atoms with Crippen LogP contribution in [0.1, 0.15) is 19.4 Å². The van der Waals surface area contributed by atoms with E-state index in [4.69, 9.17) is 9.47 Å². The fourth-order valence-corrected chi connectivity index (χ4v) is 2.21. The molecular formula is C16H22N2O2. The molecule has 2 rings (SSSR count). The summed E-state index contributed by atoms with van der Waals surface area (Å²) in [5.74, 6) is 0. The van der Waals surface area contributed by atoms with Crippen molar-refractivity contribution in [1.29, 1.82) is 0 Å². The van der Waals surface area contributed by atoms with Gasteiger partial charge >= 0.3 is 0 Å². The van der Waals surface area contributed by atoms with Gasteiger partial charge in [0.2, 0.25) is 0 Å². The van der Waals surface area contributed by atoms with Gasteiger partial charge in [0.1, 0.15) is 0 Å². The molecule has 0 aliphatic heterocycles. The molecule has 1 aromatic carbocycles. The number of hydrogen-bond donors (Lipinski definition) is 1. The minimum Gasteiger partial charge on any atom is -0.352 e. The molecule has 0 bridgehead atoms. The van der Waals surface area contributed by atoms with Crippen LogP contribution in [0, 0.1) is 0 Å². The predicted molar refractivity (Wildman–Crippen MR) is 80.5 cm³/mol. The van der Waals surface area contributed by atoms with Crippen LogP contribution < -0.4 is 5.32 Å². The normalized spacial score (nSPS) is 11.3. The van der Waals surface area contributed by atoms with E-state index in [0.717, 1.165) is 11.9 Å². The molecule has 4 nitrogen and oxygen atoms in total. The van der Waals surface area contributed by atoms with Crippen molar-refractivity contribution in [2.24, 2.45) is 0 Å². The molecule has 0 aliphatic rings. The number of hydrogen-bond acceptors (Lipinski definition) is 4. The number of benzene rings is 1. The Kier molecular flexibility index (Phi) is 5.92. The number of fused-ring (bicyclic) bond motifs is 1. The molecule has 1 N–H and O–H groups in total. The fraction of sp³-hybridized carbons (Fsp3) is 0.438. The van der Waals surface area contributed by atoms with Crippen LogP contribution in [0.5, 0.6) is 0 Å². The van der Waals surface area contributed by atoms with E-state index < -0.39 is 0 Å². The topological polar surface area (TPSA) is 43.4 Å². The molecule has 1 aromatic heterocycles. The molecule has 20 heavy (non-hydrogen) atoms. The number of rotatable bonds is 8. The summed E-state index contributed by atoms with van der Waals surface area (Å²) < 4.78 is 11.0. The zero-order valence-electron chi connectivity index (χ0n) is 12.1. The van der Waals surface area contributed by atoms with E-state index in [1.54, 1.807) is 0 Å². The average molecular weight is 274 g/mol. The van der Waals surface area contributed by atoms with Gasteiger partial charge in [0.15, 0.2) is 6.29 Å². The first kappa shape index (κ1) is 14.9. The van der Waals surface area contributed by atoms with E-state index in [2.05, 4.69) is 34.6 Å². The molecule has 0 radical (unpaired) electrons. The van der Waals surface area contributed by atoms with Crippen molar-refractivity contribution in [1.82, 2.24) is 10.3 Å². The Balaban J connectivity index is 1.95. The van der Waals surface area contributed by atoms with Gasteiger partial charge in [-0.05, 0) is 30.9 Å². The third-order valence-electron chi connectivity index (χ3n) is 3.10. The van der Waals surface area contributed by atoms with Crippen LogP contribution in [0.15, 0.2) is 36.7 Å². The lowest BCUT2D eigenvalue weighted by molar-refractivity contribution is -0.133. The number of pyridine rings is 1. The van der Waals surface area contributed by atoms with Crippen LogP contribution in [0.2, 0.25) is 0 Å². The summed E-state index contributed by atoms with van der Waals surface area (Å²) in [5.41, 5.74) is 1.26. The maximum Gasteiger partial charge on any atom is 0.169 e. The van der Waals surface area contributed by atoms with Crippen molar-refractivity contribution >= 4 is 10.8 Å². The molecule has 0 unspecified atom stereocenters. The molecule has 0 saturated carbocycles. The standard InChI is InChI=1S/C16H22N2O2/c1-3-19-16(20-4-2)12-18-11-14-7-5-6-13-10-17-9-8-15(13)14/h5-10,16,18H,3-4,11-12H2,1-2H3. The molecular weight excluding hydrogens is 252 g/mol. The van der Waals surface area contributed by atoms with Crippen molar-refractivity contribution in [2.45, 2.75) is 26.7 Å². The molecule has 0 aliphatic carbocycles. The Morgan fingerprint density at radius 2 is 1.95 bits per heavy atom. The number of ether oxygens (including phenoxy) is 2. The molecule has 2 aromatic rings. The second-order valence-corrected chi connectivity index (χ2v) is 4.49. The lowest BCUT2D eigenvalue weighted by atomic mass is 10.1. The van der Waals surface area contributed by atoms with Crippen molar-refractivity contribution in [3.05, 3.63) is 42.2 Å². The van der Waals surface area contributed by atoms with E-state index >= 15 is 0 Å². The minimum absolute atomic E-state index is 0.179. The Labute approximate surface area is 120 Å². The summed E-state index contributed by atoms with van der Waals surface area (Å²) in [5, 5.41) is 5.79. The van der Waals surface area contributed by atoms with Gasteiger partial charge in [0.25, 0.3) is 0 Å². The highest BCUT2D eigenvalue weighted by molar-refractivity contribution is 5.84. The highest BCUT2D eigenvalue weighted by Crippen LogP contribution is 2.17. The number of nitrogens with one attached hydrogen (secondary N) is 1. The van der Waals surface area contributed by atoms with Gasteiger partial charge in [-0.3, -0.25) is 4.98 Å². The molecule has 0 amide bonds. The number of nitrogens with zero attached hydrogens (tertiary/aromatic N) is 1. The lowest BCUT2D eigenvalue weighted by Gasteiger charge is -2.17. The third-order valence-corrected chi connectivity index (χ3v) is 3.10. The smallest absolute Gasteiger partial charge is 0.169 e. The molecule has 0 fully saturated rings. The van der Waals surface area contributed by atoms with E-state index in [0.29, 0.717) is 19.8 Å². The van der Waals surface area contributed by atoms with Crippen LogP contribution in [0.25, 0.3) is 10.8 Å². The first-order chi connectivity index (χ1) is 9.85. The Morgan fingerprint density at radius 1 is 1.15 bits per heavy atom. The lowest BCUT2D eigenvalue weighted by Crippen LogP contribution is -2.31. The van der Waals surface area contributed by atoms with Crippen molar-refractivity contribution in [2.75, 3.05) is 19.8 Å². The summed E-state index contributed by atoms with van der Waals surface area (Å²) in [7, 11) is 0. The molecule has 0 atom stereocenters. The highest BCUT2D eigenvalue weighted by atomic mass is 16.7. The van der Waals surface area contributed by atoms with Gasteiger partial charge < -0.3 is 14.8 Å². The molecule has 108 valence electrons. The van der Waals surface area contributed by atoms with Crippen molar-refractivity contribution in [3.8, 4) is 0 Å². The summed E-state index contributed by atoms with van der Waals surface area (Å²) in [6.45, 7) is 6.74. The van der Waals surface area contributed by atoms with E-state index in [-0.39, 0.29) is 6.29 Å². The van der Waals surface area contributed by atoms with E-state index in [1.165, 1.54) is 10.9 Å². The summed E-state index contributed by atoms with van der Waals surface area (Å²) in [4.78, 5) is 4.15. The molecule has 1 heterocycles. The second kappa shape index (κ2) is 7.94. The van der Waals surface area contributed by atoms with Gasteiger partial charge in [-0.15, -0.1) is 0 Å². The van der Waals surface area contributed by atoms with Crippen LogP contribution in [-0.4, -0.2) is 31.0 Å². The van der Waals surface area contributed by atoms with Crippen LogP contribution in [0.3, 0.4) is 0 Å². The summed E-state index contributed by atoms with van der Waals surface area (Å²) in [6, 6.07) is 8.32. The van der Waals surface area contributed by atoms with Crippen LogP contribution in [-0.2, 0) is 16.0 Å². The van der Waals surface area contributed by atoms with Gasteiger partial charge in [0, 0.05) is 44.1 Å². The monoisotopic (exact) mass is 274 g/mol. The SMILES string of the molecule is CCOC(CNCc1cccc2cnccc12)OCC. The first-order valence-corrected chi connectivity index (χ1v) is 7.10. The maximum absolute atomic E-state index is 5.51. The zero-order chi connectivity index (χ0) is 14.2. The van der Waals surface area contributed by atoms with E-state index in [9.17, 15) is 0 Å². The van der Waals surface area contributed by atoms with Crippen molar-refractivity contribution < 1.29 is 9.47 Å². The Bertz CT molecular complexity index is 519. The van der Waals surface area contributed by atoms with Gasteiger partial charge in [0.05, 0.1) is 0 Å². The van der Waals surface area contributed by atoms with Gasteiger partial charge in [-0.1, -0.05) is 18.2 Å². The van der Waals surface area contributed by atoms with Crippen LogP contribution >= 0.6 is 0 Å². The zero-order valence-corrected chi connectivity index (χ0v) is 12.1. The predicted octanol–water partition coefficient (Wildman–Crippen LogP) is 2.72. The fourth-order valence-electron chi connectivity index (χ4n) is 2.21. The van der Waals surface area contributed by atoms with E-state index in [1.807, 2.05) is 26.2 Å². The Hall–Kier alpha value is -1.49. The summed E-state index contributed by atoms with van der Waals surface area (Å²) in [6.07, 6.45) is 3.54. The molecule has 0 spiro atoms. The average Bonchev–Trinajstić information content (AvgIpc) is 2.48. The third kappa shape index (κ3) is 4.00. The molecule has 4 heteroatoms. The largest absolute Gasteiger partial charge is 0.352 e. The Morgan fingerprint density at radius 3 is 2.70 bits per heavy atom. The second-order valence-electron chi connectivity index (χ2n) is 4.49. The van der Waals surface area contributed by atoms with Gasteiger partial charge in [-0.25, -0.2) is 0 Å². The van der Waals surface area contributed by atoms with Crippen molar-refractivity contribution in [3.63, 3.8) is 0 Å².